The first kappa shape index (κ1) is 21.4. The van der Waals surface area contributed by atoms with E-state index < -0.39 is 0 Å². The Kier molecular flexibility index (Phi) is 6.03. The van der Waals surface area contributed by atoms with Crippen LogP contribution in [0.2, 0.25) is 0 Å². The summed E-state index contributed by atoms with van der Waals surface area (Å²) < 4.78 is 7.89. The van der Waals surface area contributed by atoms with Gasteiger partial charge in [0.05, 0.1) is 5.69 Å². The van der Waals surface area contributed by atoms with Crippen LogP contribution in [-0.4, -0.2) is 20.3 Å². The number of fused-ring (bicyclic) bond motifs is 1. The minimum Gasteiger partial charge on any atom is -0.487 e. The number of aryl methyl sites for hydroxylation is 1. The summed E-state index contributed by atoms with van der Waals surface area (Å²) in [5.74, 6) is 0.434. The Labute approximate surface area is 197 Å². The molecule has 0 fully saturated rings. The number of imidazole rings is 1. The maximum absolute atomic E-state index is 12.8. The van der Waals surface area contributed by atoms with Crippen LogP contribution < -0.4 is 10.1 Å². The van der Waals surface area contributed by atoms with Crippen LogP contribution in [-0.2, 0) is 13.0 Å². The summed E-state index contributed by atoms with van der Waals surface area (Å²) in [5.41, 5.74) is 6.51. The summed E-state index contributed by atoms with van der Waals surface area (Å²) in [6.45, 7) is 2.37. The van der Waals surface area contributed by atoms with Crippen LogP contribution in [0.15, 0.2) is 97.6 Å². The number of pyridine rings is 2. The Morgan fingerprint density at radius 1 is 0.941 bits per heavy atom. The second kappa shape index (κ2) is 9.58. The largest absolute Gasteiger partial charge is 0.487 e. The summed E-state index contributed by atoms with van der Waals surface area (Å²) >= 11 is 0. The monoisotopic (exact) mass is 448 g/mol. The molecule has 0 spiro atoms. The molecule has 0 aliphatic carbocycles. The number of anilines is 1. The molecule has 0 unspecified atom stereocenters. The molecule has 5 rings (SSSR count). The van der Waals surface area contributed by atoms with Crippen LogP contribution in [0, 0.1) is 6.92 Å². The molecule has 6 nitrogen and oxygen atoms in total. The maximum atomic E-state index is 12.8. The number of carbonyl (C=O) groups excluding carboxylic acids is 1. The fourth-order valence-electron chi connectivity index (χ4n) is 3.76. The zero-order chi connectivity index (χ0) is 23.3. The number of benzene rings is 2. The van der Waals surface area contributed by atoms with E-state index in [4.69, 9.17) is 4.74 Å². The fourth-order valence-corrected chi connectivity index (χ4v) is 3.76. The standard InChI is InChI=1S/C28H24N4O2/c1-20-5-10-27-30-25(18-32(27)17-20)19-34-26-4-2-3-23(16-26)28(33)31-24-8-6-21(7-9-24)15-22-11-13-29-14-12-22/h2-14,16-18H,15,19H2,1H3,(H,31,33). The smallest absolute Gasteiger partial charge is 0.255 e. The average molecular weight is 449 g/mol. The normalized spacial score (nSPS) is 10.9. The number of nitrogens with one attached hydrogen (secondary N) is 1. The van der Waals surface area contributed by atoms with Crippen molar-refractivity contribution < 1.29 is 9.53 Å². The molecule has 0 saturated heterocycles. The third-order valence-electron chi connectivity index (χ3n) is 5.50. The molecule has 0 aliphatic heterocycles. The molecule has 1 N–H and O–H groups in total. The molecule has 1 amide bonds. The topological polar surface area (TPSA) is 68.5 Å². The van der Waals surface area contributed by atoms with Gasteiger partial charge in [0.1, 0.15) is 18.0 Å². The van der Waals surface area contributed by atoms with Crippen molar-refractivity contribution in [3.05, 3.63) is 126 Å². The van der Waals surface area contributed by atoms with Gasteiger partial charge in [0.2, 0.25) is 0 Å². The summed E-state index contributed by atoms with van der Waals surface area (Å²) in [6.07, 6.45) is 8.39. The molecule has 6 heteroatoms. The van der Waals surface area contributed by atoms with Crippen molar-refractivity contribution in [3.63, 3.8) is 0 Å². The predicted molar refractivity (Wildman–Crippen MR) is 132 cm³/mol. The van der Waals surface area contributed by atoms with Gasteiger partial charge in [0, 0.05) is 36.0 Å². The van der Waals surface area contributed by atoms with Crippen LogP contribution in [0.4, 0.5) is 5.69 Å². The Morgan fingerprint density at radius 2 is 1.74 bits per heavy atom. The second-order valence-corrected chi connectivity index (χ2v) is 8.20. The van der Waals surface area contributed by atoms with Crippen LogP contribution in [0.3, 0.4) is 0 Å². The number of amides is 1. The first-order valence-electron chi connectivity index (χ1n) is 11.1. The summed E-state index contributed by atoms with van der Waals surface area (Å²) in [6, 6.07) is 23.1. The summed E-state index contributed by atoms with van der Waals surface area (Å²) in [7, 11) is 0. The highest BCUT2D eigenvalue weighted by molar-refractivity contribution is 6.04. The lowest BCUT2D eigenvalue weighted by atomic mass is 10.1. The first-order chi connectivity index (χ1) is 16.6. The number of ether oxygens (including phenoxy) is 1. The van der Waals surface area contributed by atoms with E-state index in [0.717, 1.165) is 23.4 Å². The molecule has 0 radical (unpaired) electrons. The molecule has 3 heterocycles. The van der Waals surface area contributed by atoms with Crippen LogP contribution in [0.1, 0.15) is 32.7 Å². The highest BCUT2D eigenvalue weighted by atomic mass is 16.5. The van der Waals surface area contributed by atoms with Crippen molar-refractivity contribution >= 4 is 17.2 Å². The molecule has 5 aromatic rings. The predicted octanol–water partition coefficient (Wildman–Crippen LogP) is 5.46. The van der Waals surface area contributed by atoms with Gasteiger partial charge in [-0.3, -0.25) is 9.78 Å². The van der Waals surface area contributed by atoms with Crippen molar-refractivity contribution in [3.8, 4) is 5.75 Å². The minimum absolute atomic E-state index is 0.185. The van der Waals surface area contributed by atoms with E-state index in [0.29, 0.717) is 17.9 Å². The van der Waals surface area contributed by atoms with Crippen LogP contribution >= 0.6 is 0 Å². The van der Waals surface area contributed by atoms with Gasteiger partial charge in [0.25, 0.3) is 5.91 Å². The zero-order valence-corrected chi connectivity index (χ0v) is 18.8. The van der Waals surface area contributed by atoms with Gasteiger partial charge in [-0.1, -0.05) is 24.3 Å². The number of carbonyl (C=O) groups is 1. The van der Waals surface area contributed by atoms with E-state index in [1.165, 1.54) is 16.7 Å². The number of nitrogens with zero attached hydrogens (tertiary/aromatic N) is 3. The quantitative estimate of drug-likeness (QED) is 0.359. The second-order valence-electron chi connectivity index (χ2n) is 8.20. The van der Waals surface area contributed by atoms with E-state index in [1.54, 1.807) is 24.5 Å². The molecular weight excluding hydrogens is 424 g/mol. The van der Waals surface area contributed by atoms with Gasteiger partial charge in [-0.25, -0.2) is 4.98 Å². The van der Waals surface area contributed by atoms with Crippen molar-refractivity contribution in [1.29, 1.82) is 0 Å². The van der Waals surface area contributed by atoms with Crippen molar-refractivity contribution in [2.45, 2.75) is 20.0 Å². The molecule has 0 atom stereocenters. The Morgan fingerprint density at radius 3 is 2.56 bits per heavy atom. The molecule has 34 heavy (non-hydrogen) atoms. The van der Waals surface area contributed by atoms with Crippen molar-refractivity contribution in [2.24, 2.45) is 0 Å². The van der Waals surface area contributed by atoms with Gasteiger partial charge in [-0.05, 0) is 78.6 Å². The van der Waals surface area contributed by atoms with Crippen molar-refractivity contribution in [2.75, 3.05) is 5.32 Å². The highest BCUT2D eigenvalue weighted by Crippen LogP contribution is 2.18. The Balaban J connectivity index is 1.20. The van der Waals surface area contributed by atoms with Gasteiger partial charge in [-0.15, -0.1) is 0 Å². The number of aromatic nitrogens is 3. The molecule has 2 aromatic carbocycles. The summed E-state index contributed by atoms with van der Waals surface area (Å²) in [4.78, 5) is 21.4. The minimum atomic E-state index is -0.185. The SMILES string of the molecule is Cc1ccc2nc(COc3cccc(C(=O)Nc4ccc(Cc5ccncc5)cc4)c3)cn2c1. The van der Waals surface area contributed by atoms with Gasteiger partial charge in [0.15, 0.2) is 0 Å². The van der Waals surface area contributed by atoms with E-state index in [1.807, 2.05) is 84.4 Å². The molecule has 3 aromatic heterocycles. The summed E-state index contributed by atoms with van der Waals surface area (Å²) in [5, 5.41) is 2.95. The maximum Gasteiger partial charge on any atom is 0.255 e. The fraction of sp³-hybridized carbons (Fsp3) is 0.107. The van der Waals surface area contributed by atoms with Crippen LogP contribution in [0.25, 0.3) is 5.65 Å². The van der Waals surface area contributed by atoms with Gasteiger partial charge in [-0.2, -0.15) is 0 Å². The van der Waals surface area contributed by atoms with E-state index in [-0.39, 0.29) is 5.91 Å². The Hall–Kier alpha value is -4.45. The third-order valence-corrected chi connectivity index (χ3v) is 5.50. The third kappa shape index (κ3) is 5.13. The molecule has 168 valence electrons. The zero-order valence-electron chi connectivity index (χ0n) is 18.8. The number of hydrogen-bond donors (Lipinski definition) is 1. The molecule has 0 saturated carbocycles. The van der Waals surface area contributed by atoms with Crippen LogP contribution in [0.5, 0.6) is 5.75 Å². The van der Waals surface area contributed by atoms with Crippen molar-refractivity contribution in [1.82, 2.24) is 14.4 Å². The van der Waals surface area contributed by atoms with E-state index in [2.05, 4.69) is 15.3 Å². The lowest BCUT2D eigenvalue weighted by molar-refractivity contribution is 0.102. The lowest BCUT2D eigenvalue weighted by Gasteiger charge is -2.09. The van der Waals surface area contributed by atoms with Gasteiger partial charge >= 0.3 is 0 Å². The molecular formula is C28H24N4O2. The molecule has 0 aliphatic rings. The molecule has 0 bridgehead atoms. The number of rotatable bonds is 7. The lowest BCUT2D eigenvalue weighted by Crippen LogP contribution is -2.12. The van der Waals surface area contributed by atoms with Gasteiger partial charge < -0.3 is 14.5 Å². The van der Waals surface area contributed by atoms with E-state index in [9.17, 15) is 4.79 Å². The number of hydrogen-bond acceptors (Lipinski definition) is 4. The highest BCUT2D eigenvalue weighted by Gasteiger charge is 2.09. The Bertz CT molecular complexity index is 1430. The first-order valence-corrected chi connectivity index (χ1v) is 11.1. The average Bonchev–Trinajstić information content (AvgIpc) is 3.27. The van der Waals surface area contributed by atoms with E-state index >= 15 is 0 Å².